The smallest absolute Gasteiger partial charge is 0.258 e. The maximum Gasteiger partial charge on any atom is 0.258 e. The van der Waals surface area contributed by atoms with Crippen molar-refractivity contribution in [2.75, 3.05) is 27.3 Å². The van der Waals surface area contributed by atoms with Gasteiger partial charge in [-0.05, 0) is 43.5 Å². The molecule has 0 aliphatic heterocycles. The van der Waals surface area contributed by atoms with Crippen molar-refractivity contribution >= 4 is 11.9 Å². The van der Waals surface area contributed by atoms with Crippen molar-refractivity contribution in [1.29, 1.82) is 0 Å². The molecule has 1 aliphatic rings. The number of rotatable bonds is 10. The first-order chi connectivity index (χ1) is 15.1. The fraction of sp³-hybridized carbons (Fsp3) is 0.417. The summed E-state index contributed by atoms with van der Waals surface area (Å²) in [6, 6.07) is 16.0. The Morgan fingerprint density at radius 2 is 2.00 bits per heavy atom. The first-order valence-electron chi connectivity index (χ1n) is 10.7. The maximum atomic E-state index is 11.8. The molecule has 1 saturated carbocycles. The fourth-order valence-corrected chi connectivity index (χ4v) is 3.18. The first-order valence-corrected chi connectivity index (χ1v) is 10.7. The predicted octanol–water partition coefficient (Wildman–Crippen LogP) is 2.95. The summed E-state index contributed by atoms with van der Waals surface area (Å²) in [4.78, 5) is 18.7. The molecule has 3 rings (SSSR count). The lowest BCUT2D eigenvalue weighted by molar-refractivity contribution is -0.123. The number of nitrogens with one attached hydrogen (secondary N) is 2. The van der Waals surface area contributed by atoms with E-state index in [1.807, 2.05) is 56.4 Å². The molecule has 2 aromatic rings. The third-order valence-electron chi connectivity index (χ3n) is 4.92. The van der Waals surface area contributed by atoms with E-state index in [1.54, 1.807) is 7.11 Å². The SMILES string of the molecule is CCNC(=NCc1cccc(OCC(=O)NC2CC2)c1)N(C)Cc1ccccc1OC. The first kappa shape index (κ1) is 22.5. The molecular formula is C24H32N4O3. The second-order valence-electron chi connectivity index (χ2n) is 7.62. The molecule has 0 heterocycles. The van der Waals surface area contributed by atoms with Crippen molar-refractivity contribution in [3.63, 3.8) is 0 Å². The number of carbonyl (C=O) groups excluding carboxylic acids is 1. The Labute approximate surface area is 184 Å². The van der Waals surface area contributed by atoms with E-state index in [2.05, 4.69) is 21.6 Å². The molecular weight excluding hydrogens is 392 g/mol. The normalized spacial score (nSPS) is 13.5. The van der Waals surface area contributed by atoms with Crippen molar-refractivity contribution in [2.45, 2.75) is 38.9 Å². The molecule has 0 bridgehead atoms. The summed E-state index contributed by atoms with van der Waals surface area (Å²) in [7, 11) is 3.69. The molecule has 7 heteroatoms. The van der Waals surface area contributed by atoms with Crippen molar-refractivity contribution in [3.8, 4) is 11.5 Å². The molecule has 2 N–H and O–H groups in total. The van der Waals surface area contributed by atoms with Crippen molar-refractivity contribution in [2.24, 2.45) is 4.99 Å². The van der Waals surface area contributed by atoms with Crippen LogP contribution in [0.1, 0.15) is 30.9 Å². The zero-order chi connectivity index (χ0) is 22.1. The van der Waals surface area contributed by atoms with Gasteiger partial charge in [-0.3, -0.25) is 4.79 Å². The second-order valence-corrected chi connectivity index (χ2v) is 7.62. The van der Waals surface area contributed by atoms with Crippen LogP contribution in [0.25, 0.3) is 0 Å². The van der Waals surface area contributed by atoms with Gasteiger partial charge in [-0.25, -0.2) is 4.99 Å². The molecule has 2 aromatic carbocycles. The highest BCUT2D eigenvalue weighted by Crippen LogP contribution is 2.20. The minimum atomic E-state index is -0.0710. The average molecular weight is 425 g/mol. The number of methoxy groups -OCH3 is 1. The Bertz CT molecular complexity index is 896. The molecule has 31 heavy (non-hydrogen) atoms. The molecule has 1 amide bonds. The van der Waals surface area contributed by atoms with Crippen LogP contribution in [-0.4, -0.2) is 50.1 Å². The number of aliphatic imine (C=N–C) groups is 1. The number of guanidine groups is 1. The second kappa shape index (κ2) is 11.2. The van der Waals surface area contributed by atoms with Crippen LogP contribution in [0.5, 0.6) is 11.5 Å². The highest BCUT2D eigenvalue weighted by molar-refractivity contribution is 5.80. The van der Waals surface area contributed by atoms with E-state index in [9.17, 15) is 4.79 Å². The van der Waals surface area contributed by atoms with Gasteiger partial charge in [0, 0.05) is 31.7 Å². The number of amides is 1. The van der Waals surface area contributed by atoms with Gasteiger partial charge in [0.2, 0.25) is 0 Å². The van der Waals surface area contributed by atoms with Crippen LogP contribution in [0.4, 0.5) is 0 Å². The molecule has 1 aliphatic carbocycles. The lowest BCUT2D eigenvalue weighted by Gasteiger charge is -2.23. The molecule has 0 saturated heterocycles. The quantitative estimate of drug-likeness (QED) is 0.453. The zero-order valence-electron chi connectivity index (χ0n) is 18.6. The van der Waals surface area contributed by atoms with Gasteiger partial charge in [0.15, 0.2) is 12.6 Å². The van der Waals surface area contributed by atoms with Gasteiger partial charge >= 0.3 is 0 Å². The van der Waals surface area contributed by atoms with Crippen LogP contribution >= 0.6 is 0 Å². The number of hydrogen-bond acceptors (Lipinski definition) is 4. The summed E-state index contributed by atoms with van der Waals surface area (Å²) in [5.41, 5.74) is 2.11. The van der Waals surface area contributed by atoms with E-state index in [4.69, 9.17) is 14.5 Å². The maximum absolute atomic E-state index is 11.8. The van der Waals surface area contributed by atoms with Crippen molar-refractivity contribution < 1.29 is 14.3 Å². The Hall–Kier alpha value is -3.22. The number of benzene rings is 2. The van der Waals surface area contributed by atoms with Gasteiger partial charge in [0.05, 0.1) is 13.7 Å². The lowest BCUT2D eigenvalue weighted by Crippen LogP contribution is -2.38. The van der Waals surface area contributed by atoms with Gasteiger partial charge in [0.1, 0.15) is 11.5 Å². The zero-order valence-corrected chi connectivity index (χ0v) is 18.6. The van der Waals surface area contributed by atoms with E-state index in [1.165, 1.54) is 0 Å². The van der Waals surface area contributed by atoms with Gasteiger partial charge in [-0.15, -0.1) is 0 Å². The summed E-state index contributed by atoms with van der Waals surface area (Å²) >= 11 is 0. The summed E-state index contributed by atoms with van der Waals surface area (Å²) in [5, 5.41) is 6.26. The minimum Gasteiger partial charge on any atom is -0.496 e. The van der Waals surface area contributed by atoms with Crippen molar-refractivity contribution in [3.05, 3.63) is 59.7 Å². The van der Waals surface area contributed by atoms with Crippen molar-refractivity contribution in [1.82, 2.24) is 15.5 Å². The lowest BCUT2D eigenvalue weighted by atomic mass is 10.2. The minimum absolute atomic E-state index is 0.0352. The highest BCUT2D eigenvalue weighted by Gasteiger charge is 2.23. The van der Waals surface area contributed by atoms with Gasteiger partial charge < -0.3 is 25.0 Å². The summed E-state index contributed by atoms with van der Waals surface area (Å²) in [6.45, 7) is 4.04. The summed E-state index contributed by atoms with van der Waals surface area (Å²) in [6.07, 6.45) is 2.14. The largest absolute Gasteiger partial charge is 0.496 e. The fourth-order valence-electron chi connectivity index (χ4n) is 3.18. The van der Waals surface area contributed by atoms with E-state index < -0.39 is 0 Å². The monoisotopic (exact) mass is 424 g/mol. The van der Waals surface area contributed by atoms with Crippen LogP contribution in [-0.2, 0) is 17.9 Å². The Morgan fingerprint density at radius 1 is 1.19 bits per heavy atom. The third kappa shape index (κ3) is 7.20. The molecule has 7 nitrogen and oxygen atoms in total. The van der Waals surface area contributed by atoms with Gasteiger partial charge in [-0.2, -0.15) is 0 Å². The highest BCUT2D eigenvalue weighted by atomic mass is 16.5. The van der Waals surface area contributed by atoms with E-state index in [0.29, 0.717) is 24.9 Å². The molecule has 0 atom stereocenters. The Morgan fingerprint density at radius 3 is 2.74 bits per heavy atom. The molecule has 0 aromatic heterocycles. The number of hydrogen-bond donors (Lipinski definition) is 2. The average Bonchev–Trinajstić information content (AvgIpc) is 3.59. The molecule has 166 valence electrons. The van der Waals surface area contributed by atoms with Gasteiger partial charge in [-0.1, -0.05) is 30.3 Å². The molecule has 1 fully saturated rings. The predicted molar refractivity (Wildman–Crippen MR) is 122 cm³/mol. The number of nitrogens with zero attached hydrogens (tertiary/aromatic N) is 2. The number of carbonyl (C=O) groups is 1. The van der Waals surface area contributed by atoms with Crippen LogP contribution in [0.3, 0.4) is 0 Å². The van der Waals surface area contributed by atoms with Crippen LogP contribution in [0.15, 0.2) is 53.5 Å². The van der Waals surface area contributed by atoms with Crippen LogP contribution < -0.4 is 20.1 Å². The number of para-hydroxylation sites is 1. The van der Waals surface area contributed by atoms with E-state index in [-0.39, 0.29) is 12.5 Å². The Kier molecular flexibility index (Phi) is 8.15. The molecule has 0 spiro atoms. The van der Waals surface area contributed by atoms with E-state index >= 15 is 0 Å². The third-order valence-corrected chi connectivity index (χ3v) is 4.92. The van der Waals surface area contributed by atoms with Crippen LogP contribution in [0.2, 0.25) is 0 Å². The van der Waals surface area contributed by atoms with Crippen LogP contribution in [0, 0.1) is 0 Å². The molecule has 0 radical (unpaired) electrons. The molecule has 0 unspecified atom stereocenters. The Balaban J connectivity index is 1.60. The van der Waals surface area contributed by atoms with E-state index in [0.717, 1.165) is 42.2 Å². The summed E-state index contributed by atoms with van der Waals surface area (Å²) in [5.74, 6) is 2.27. The topological polar surface area (TPSA) is 75.2 Å². The summed E-state index contributed by atoms with van der Waals surface area (Å²) < 4.78 is 11.1. The standard InChI is InChI=1S/C24H32N4O3/c1-4-25-24(28(2)16-19-9-5-6-11-22(19)30-3)26-15-18-8-7-10-21(14-18)31-17-23(29)27-20-12-13-20/h5-11,14,20H,4,12-13,15-17H2,1-3H3,(H,25,26)(H,27,29). The number of ether oxygens (including phenoxy) is 2. The van der Waals surface area contributed by atoms with Gasteiger partial charge in [0.25, 0.3) is 5.91 Å².